The fourth-order valence-electron chi connectivity index (χ4n) is 2.58. The molecule has 29 heavy (non-hydrogen) atoms. The third-order valence-corrected chi connectivity index (χ3v) is 6.24. The predicted molar refractivity (Wildman–Crippen MR) is 117 cm³/mol. The van der Waals surface area contributed by atoms with Gasteiger partial charge in [0.1, 0.15) is 10.8 Å². The van der Waals surface area contributed by atoms with Crippen molar-refractivity contribution in [2.24, 2.45) is 0 Å². The van der Waals surface area contributed by atoms with E-state index in [4.69, 9.17) is 25.7 Å². The van der Waals surface area contributed by atoms with Crippen LogP contribution >= 0.6 is 34.7 Å². The van der Waals surface area contributed by atoms with Crippen LogP contribution in [0.1, 0.15) is 24.1 Å². The average molecular weight is 444 g/mol. The van der Waals surface area contributed by atoms with Gasteiger partial charge in [-0.1, -0.05) is 66.7 Å². The molecule has 4 aromatic rings. The Morgan fingerprint density at radius 2 is 1.93 bits per heavy atom. The lowest BCUT2D eigenvalue weighted by molar-refractivity contribution is 0.252. The van der Waals surface area contributed by atoms with Crippen molar-refractivity contribution in [1.29, 1.82) is 0 Å². The van der Waals surface area contributed by atoms with E-state index in [1.165, 1.54) is 17.3 Å². The van der Waals surface area contributed by atoms with Gasteiger partial charge in [0, 0.05) is 16.7 Å². The number of hydrogen-bond acceptors (Lipinski definition) is 7. The molecule has 0 spiro atoms. The maximum absolute atomic E-state index is 6.07. The smallest absolute Gasteiger partial charge is 0.277 e. The number of thioether (sulfide) groups is 1. The van der Waals surface area contributed by atoms with Gasteiger partial charge in [0.15, 0.2) is 6.61 Å². The van der Waals surface area contributed by atoms with Crippen LogP contribution in [0, 0.1) is 0 Å². The number of benzene rings is 2. The Labute approximate surface area is 182 Å². The molecule has 0 unspecified atom stereocenters. The molecule has 148 valence electrons. The lowest BCUT2D eigenvalue weighted by Crippen LogP contribution is -1.95. The van der Waals surface area contributed by atoms with Crippen LogP contribution < -0.4 is 4.74 Å². The van der Waals surface area contributed by atoms with Crippen molar-refractivity contribution in [2.75, 3.05) is 0 Å². The average Bonchev–Trinajstić information content (AvgIpc) is 3.41. The first-order valence-electron chi connectivity index (χ1n) is 9.07. The first-order valence-corrected chi connectivity index (χ1v) is 11.3. The van der Waals surface area contributed by atoms with Gasteiger partial charge in [-0.05, 0) is 24.1 Å². The summed E-state index contributed by atoms with van der Waals surface area (Å²) < 4.78 is 11.3. The number of nitrogens with zero attached hydrogens (tertiary/aromatic N) is 3. The summed E-state index contributed by atoms with van der Waals surface area (Å²) in [5, 5.41) is 12.2. The van der Waals surface area contributed by atoms with E-state index in [0.29, 0.717) is 27.6 Å². The second-order valence-electron chi connectivity index (χ2n) is 6.16. The first-order chi connectivity index (χ1) is 14.2. The van der Waals surface area contributed by atoms with Crippen LogP contribution in [0.4, 0.5) is 0 Å². The SMILES string of the molecule is CCc1ccc(-c2nc(CSc3nnc(COc4ccccc4Cl)o3)cs2)cc1. The van der Waals surface area contributed by atoms with Crippen LogP contribution in [0.5, 0.6) is 5.75 Å². The number of hydrogen-bond donors (Lipinski definition) is 0. The second kappa shape index (κ2) is 9.43. The summed E-state index contributed by atoms with van der Waals surface area (Å²) >= 11 is 9.17. The molecule has 0 fully saturated rings. The number of para-hydroxylation sites is 1. The van der Waals surface area contributed by atoms with Crippen LogP contribution in [-0.4, -0.2) is 15.2 Å². The lowest BCUT2D eigenvalue weighted by Gasteiger charge is -2.04. The van der Waals surface area contributed by atoms with Gasteiger partial charge in [0.25, 0.3) is 11.1 Å². The van der Waals surface area contributed by atoms with Crippen LogP contribution in [0.3, 0.4) is 0 Å². The molecule has 2 heterocycles. The molecule has 0 saturated carbocycles. The minimum absolute atomic E-state index is 0.173. The Morgan fingerprint density at radius 1 is 1.10 bits per heavy atom. The van der Waals surface area contributed by atoms with Crippen molar-refractivity contribution in [3.63, 3.8) is 0 Å². The molecule has 0 amide bonds. The van der Waals surface area contributed by atoms with Gasteiger partial charge in [-0.3, -0.25) is 0 Å². The number of aryl methyl sites for hydroxylation is 1. The molecule has 0 N–H and O–H groups in total. The van der Waals surface area contributed by atoms with Crippen LogP contribution in [0.2, 0.25) is 5.02 Å². The standard InChI is InChI=1S/C21H18ClN3O2S2/c1-2-14-7-9-15(10-8-14)20-23-16(12-28-20)13-29-21-25-24-19(27-21)11-26-18-6-4-3-5-17(18)22/h3-10,12H,2,11,13H2,1H3. The highest BCUT2D eigenvalue weighted by atomic mass is 35.5. The fourth-order valence-corrected chi connectivity index (χ4v) is 4.38. The number of rotatable bonds is 8. The Morgan fingerprint density at radius 3 is 2.72 bits per heavy atom. The maximum atomic E-state index is 6.07. The number of aromatic nitrogens is 3. The van der Waals surface area contributed by atoms with Crippen LogP contribution in [0.15, 0.2) is 63.6 Å². The van der Waals surface area contributed by atoms with E-state index in [9.17, 15) is 0 Å². The van der Waals surface area contributed by atoms with Crippen molar-refractivity contribution in [3.8, 4) is 16.3 Å². The van der Waals surface area contributed by atoms with Crippen molar-refractivity contribution in [3.05, 3.63) is 76.1 Å². The number of halogens is 1. The zero-order valence-electron chi connectivity index (χ0n) is 15.7. The maximum Gasteiger partial charge on any atom is 0.277 e. The summed E-state index contributed by atoms with van der Waals surface area (Å²) in [6.45, 7) is 2.32. The molecule has 0 atom stereocenters. The molecule has 0 bridgehead atoms. The quantitative estimate of drug-likeness (QED) is 0.298. The van der Waals surface area contributed by atoms with E-state index in [0.717, 1.165) is 22.7 Å². The Balaban J connectivity index is 1.32. The van der Waals surface area contributed by atoms with Crippen molar-refractivity contribution < 1.29 is 9.15 Å². The van der Waals surface area contributed by atoms with Gasteiger partial charge in [0.05, 0.1) is 10.7 Å². The topological polar surface area (TPSA) is 61.0 Å². The first kappa shape index (κ1) is 19.9. The normalized spacial score (nSPS) is 11.0. The number of ether oxygens (including phenoxy) is 1. The highest BCUT2D eigenvalue weighted by Gasteiger charge is 2.11. The monoisotopic (exact) mass is 443 g/mol. The Bertz CT molecular complexity index is 1080. The molecule has 0 radical (unpaired) electrons. The molecule has 4 rings (SSSR count). The summed E-state index contributed by atoms with van der Waals surface area (Å²) in [7, 11) is 0. The van der Waals surface area contributed by atoms with Crippen molar-refractivity contribution >= 4 is 34.7 Å². The van der Waals surface area contributed by atoms with E-state index in [1.807, 2.05) is 12.1 Å². The largest absolute Gasteiger partial charge is 0.482 e. The van der Waals surface area contributed by atoms with Gasteiger partial charge in [-0.25, -0.2) is 4.98 Å². The van der Waals surface area contributed by atoms with Gasteiger partial charge >= 0.3 is 0 Å². The second-order valence-corrected chi connectivity index (χ2v) is 8.36. The molecule has 0 saturated heterocycles. The molecule has 0 aliphatic rings. The van der Waals surface area contributed by atoms with Crippen LogP contribution in [0.25, 0.3) is 10.6 Å². The van der Waals surface area contributed by atoms with Gasteiger partial charge in [-0.2, -0.15) is 0 Å². The van der Waals surface area contributed by atoms with Crippen LogP contribution in [-0.2, 0) is 18.8 Å². The highest BCUT2D eigenvalue weighted by molar-refractivity contribution is 7.98. The summed E-state index contributed by atoms with van der Waals surface area (Å²) in [5.41, 5.74) is 3.45. The van der Waals surface area contributed by atoms with Gasteiger partial charge in [0.2, 0.25) is 0 Å². The van der Waals surface area contributed by atoms with Gasteiger partial charge < -0.3 is 9.15 Å². The summed E-state index contributed by atoms with van der Waals surface area (Å²) in [4.78, 5) is 4.71. The van der Waals surface area contributed by atoms with E-state index >= 15 is 0 Å². The molecule has 0 aliphatic heterocycles. The van der Waals surface area contributed by atoms with Gasteiger partial charge in [-0.15, -0.1) is 21.5 Å². The molecule has 2 aromatic heterocycles. The summed E-state index contributed by atoms with van der Waals surface area (Å²) in [6.07, 6.45) is 1.04. The molecule has 8 heteroatoms. The van der Waals surface area contributed by atoms with Crippen molar-refractivity contribution in [2.45, 2.75) is 30.9 Å². The van der Waals surface area contributed by atoms with E-state index in [1.54, 1.807) is 23.5 Å². The zero-order valence-corrected chi connectivity index (χ0v) is 18.1. The van der Waals surface area contributed by atoms with Crippen molar-refractivity contribution in [1.82, 2.24) is 15.2 Å². The third kappa shape index (κ3) is 5.18. The van der Waals surface area contributed by atoms with E-state index in [2.05, 4.69) is 46.8 Å². The zero-order chi connectivity index (χ0) is 20.1. The third-order valence-electron chi connectivity index (χ3n) is 4.14. The molecular weight excluding hydrogens is 426 g/mol. The highest BCUT2D eigenvalue weighted by Crippen LogP contribution is 2.28. The Hall–Kier alpha value is -2.35. The Kier molecular flexibility index (Phi) is 6.49. The van der Waals surface area contributed by atoms with E-state index in [-0.39, 0.29) is 6.61 Å². The summed E-state index contributed by atoms with van der Waals surface area (Å²) in [5.74, 6) is 1.65. The van der Waals surface area contributed by atoms with E-state index < -0.39 is 0 Å². The number of thiazole rings is 1. The predicted octanol–water partition coefficient (Wildman–Crippen LogP) is 6.28. The summed E-state index contributed by atoms with van der Waals surface area (Å²) in [6, 6.07) is 15.8. The minimum atomic E-state index is 0.173. The molecular formula is C21H18ClN3O2S2. The fraction of sp³-hybridized carbons (Fsp3) is 0.190. The molecule has 5 nitrogen and oxygen atoms in total. The molecule has 2 aromatic carbocycles. The molecule has 0 aliphatic carbocycles. The minimum Gasteiger partial charge on any atom is -0.482 e. The lowest BCUT2D eigenvalue weighted by atomic mass is 10.1.